The number of carbonyl (C=O) groups excluding carboxylic acids is 1. The number of aromatic hydroxyl groups is 1. The minimum absolute atomic E-state index is 0.0897. The lowest BCUT2D eigenvalue weighted by molar-refractivity contribution is 0.102. The molecular weight excluding hydrogens is 402 g/mol. The maximum absolute atomic E-state index is 12.9. The molecule has 0 aliphatic heterocycles. The number of amides is 1. The molecule has 0 radical (unpaired) electrons. The summed E-state index contributed by atoms with van der Waals surface area (Å²) in [5.74, 6) is 0.545. The Morgan fingerprint density at radius 2 is 1.90 bits per heavy atom. The van der Waals surface area contributed by atoms with Crippen molar-refractivity contribution in [2.24, 2.45) is 10.2 Å². The lowest BCUT2D eigenvalue weighted by Crippen LogP contribution is -2.12. The molecule has 30 heavy (non-hydrogen) atoms. The van der Waals surface area contributed by atoms with Crippen molar-refractivity contribution in [3.8, 4) is 11.5 Å². The highest BCUT2D eigenvalue weighted by Gasteiger charge is 2.18. The SMILES string of the molecule is COc1ccc(NC(=O)c2cc3ccccc3c(N=Nc3nc(C)ns3)c2O)cc1. The number of carbonyl (C=O) groups is 1. The van der Waals surface area contributed by atoms with Gasteiger partial charge in [0.05, 0.1) is 12.7 Å². The third-order valence-corrected chi connectivity index (χ3v) is 5.03. The Bertz CT molecular complexity index is 1250. The fraction of sp³-hybridized carbons (Fsp3) is 0.0952. The number of rotatable bonds is 5. The first kappa shape index (κ1) is 19.5. The number of fused-ring (bicyclic) bond motifs is 1. The first-order chi connectivity index (χ1) is 14.5. The molecular formula is C21H17N5O3S. The van der Waals surface area contributed by atoms with Gasteiger partial charge in [-0.2, -0.15) is 4.37 Å². The van der Waals surface area contributed by atoms with Crippen LogP contribution in [0, 0.1) is 6.92 Å². The molecule has 0 aliphatic rings. The van der Waals surface area contributed by atoms with Gasteiger partial charge in [-0.1, -0.05) is 24.3 Å². The summed E-state index contributed by atoms with van der Waals surface area (Å²) < 4.78 is 9.18. The Morgan fingerprint density at radius 3 is 2.60 bits per heavy atom. The van der Waals surface area contributed by atoms with E-state index in [0.717, 1.165) is 16.9 Å². The van der Waals surface area contributed by atoms with Crippen LogP contribution in [0.1, 0.15) is 16.2 Å². The lowest BCUT2D eigenvalue weighted by atomic mass is 10.0. The molecule has 0 saturated heterocycles. The van der Waals surface area contributed by atoms with Crippen LogP contribution in [0.4, 0.5) is 16.5 Å². The van der Waals surface area contributed by atoms with Crippen LogP contribution in [-0.2, 0) is 0 Å². The summed E-state index contributed by atoms with van der Waals surface area (Å²) >= 11 is 1.10. The topological polar surface area (TPSA) is 109 Å². The second-order valence-corrected chi connectivity index (χ2v) is 7.08. The molecule has 1 amide bonds. The number of phenolic OH excluding ortho intramolecular Hbond substituents is 1. The van der Waals surface area contributed by atoms with Gasteiger partial charge in [-0.15, -0.1) is 10.2 Å². The number of azo groups is 1. The predicted octanol–water partition coefficient (Wildman–Crippen LogP) is 5.38. The number of benzene rings is 3. The van der Waals surface area contributed by atoms with Crippen LogP contribution in [0.15, 0.2) is 64.8 Å². The van der Waals surface area contributed by atoms with Crippen LogP contribution in [0.5, 0.6) is 11.5 Å². The van der Waals surface area contributed by atoms with E-state index in [1.54, 1.807) is 50.4 Å². The van der Waals surface area contributed by atoms with Crippen LogP contribution in [0.25, 0.3) is 10.8 Å². The molecule has 0 bridgehead atoms. The largest absolute Gasteiger partial charge is 0.505 e. The standard InChI is InChI=1S/C21H17N5O3S/c1-12-22-21(30-26-12)25-24-18-16-6-4-3-5-13(16)11-17(19(18)27)20(28)23-14-7-9-15(29-2)10-8-14/h3-11,27H,1-2H3,(H,23,28). The Morgan fingerprint density at radius 1 is 1.13 bits per heavy atom. The fourth-order valence-electron chi connectivity index (χ4n) is 2.88. The third kappa shape index (κ3) is 3.96. The zero-order chi connectivity index (χ0) is 21.1. The van der Waals surface area contributed by atoms with Gasteiger partial charge >= 0.3 is 0 Å². The van der Waals surface area contributed by atoms with Crippen LogP contribution in [0.3, 0.4) is 0 Å². The van der Waals surface area contributed by atoms with Gasteiger partial charge in [0.1, 0.15) is 17.3 Å². The summed E-state index contributed by atoms with van der Waals surface area (Å²) in [6, 6.07) is 15.8. The molecule has 9 heteroatoms. The van der Waals surface area contributed by atoms with Crippen LogP contribution < -0.4 is 10.1 Å². The van der Waals surface area contributed by atoms with Crippen molar-refractivity contribution in [1.29, 1.82) is 0 Å². The summed E-state index contributed by atoms with van der Waals surface area (Å²) in [4.78, 5) is 17.0. The third-order valence-electron chi connectivity index (χ3n) is 4.34. The molecule has 1 aromatic heterocycles. The summed E-state index contributed by atoms with van der Waals surface area (Å²) in [7, 11) is 1.57. The van der Waals surface area contributed by atoms with Crippen LogP contribution >= 0.6 is 11.5 Å². The van der Waals surface area contributed by atoms with Crippen molar-refractivity contribution >= 4 is 44.7 Å². The summed E-state index contributed by atoms with van der Waals surface area (Å²) in [6.45, 7) is 1.76. The van der Waals surface area contributed by atoms with E-state index in [1.807, 2.05) is 18.2 Å². The summed E-state index contributed by atoms with van der Waals surface area (Å²) in [6.07, 6.45) is 0. The van der Waals surface area contributed by atoms with Crippen molar-refractivity contribution in [2.45, 2.75) is 6.92 Å². The van der Waals surface area contributed by atoms with E-state index in [1.165, 1.54) is 0 Å². The number of methoxy groups -OCH3 is 1. The molecule has 8 nitrogen and oxygen atoms in total. The number of phenols is 1. The monoisotopic (exact) mass is 419 g/mol. The number of nitrogens with zero attached hydrogens (tertiary/aromatic N) is 4. The maximum atomic E-state index is 12.9. The first-order valence-electron chi connectivity index (χ1n) is 8.97. The fourth-order valence-corrected chi connectivity index (χ4v) is 3.39. The smallest absolute Gasteiger partial charge is 0.259 e. The van der Waals surface area contributed by atoms with E-state index in [9.17, 15) is 9.90 Å². The molecule has 0 saturated carbocycles. The van der Waals surface area contributed by atoms with E-state index in [-0.39, 0.29) is 17.0 Å². The van der Waals surface area contributed by atoms with Crippen molar-refractivity contribution in [1.82, 2.24) is 9.36 Å². The number of hydrogen-bond donors (Lipinski definition) is 2. The maximum Gasteiger partial charge on any atom is 0.259 e. The number of ether oxygens (including phenoxy) is 1. The van der Waals surface area contributed by atoms with E-state index >= 15 is 0 Å². The number of aryl methyl sites for hydroxylation is 1. The zero-order valence-corrected chi connectivity index (χ0v) is 17.0. The van der Waals surface area contributed by atoms with Gasteiger partial charge in [0.15, 0.2) is 5.75 Å². The van der Waals surface area contributed by atoms with Gasteiger partial charge < -0.3 is 15.2 Å². The minimum Gasteiger partial charge on any atom is -0.505 e. The number of nitrogens with one attached hydrogen (secondary N) is 1. The molecule has 4 aromatic rings. The molecule has 150 valence electrons. The zero-order valence-electron chi connectivity index (χ0n) is 16.2. The van der Waals surface area contributed by atoms with Gasteiger partial charge in [0.2, 0.25) is 5.13 Å². The normalized spacial score (nSPS) is 11.1. The highest BCUT2D eigenvalue weighted by Crippen LogP contribution is 2.39. The Labute approximate surface area is 176 Å². The Hall–Kier alpha value is -3.85. The number of anilines is 1. The van der Waals surface area contributed by atoms with Gasteiger partial charge in [-0.3, -0.25) is 4.79 Å². The Balaban J connectivity index is 1.73. The van der Waals surface area contributed by atoms with Crippen LogP contribution in [-0.4, -0.2) is 27.5 Å². The van der Waals surface area contributed by atoms with Crippen molar-refractivity contribution < 1.29 is 14.6 Å². The molecule has 0 fully saturated rings. The number of aromatic nitrogens is 2. The molecule has 0 aliphatic carbocycles. The van der Waals surface area contributed by atoms with Crippen molar-refractivity contribution in [2.75, 3.05) is 12.4 Å². The predicted molar refractivity (Wildman–Crippen MR) is 115 cm³/mol. The van der Waals surface area contributed by atoms with E-state index in [2.05, 4.69) is 24.9 Å². The molecule has 4 rings (SSSR count). The molecule has 3 aromatic carbocycles. The highest BCUT2D eigenvalue weighted by atomic mass is 32.1. The average Bonchev–Trinajstić information content (AvgIpc) is 3.18. The molecule has 1 heterocycles. The van der Waals surface area contributed by atoms with Crippen LogP contribution in [0.2, 0.25) is 0 Å². The molecule has 0 unspecified atom stereocenters. The molecule has 2 N–H and O–H groups in total. The number of hydrogen-bond acceptors (Lipinski definition) is 8. The van der Waals surface area contributed by atoms with Gasteiger partial charge in [-0.05, 0) is 42.6 Å². The van der Waals surface area contributed by atoms with E-state index in [4.69, 9.17) is 4.74 Å². The quantitative estimate of drug-likeness (QED) is 0.422. The van der Waals surface area contributed by atoms with E-state index in [0.29, 0.717) is 27.8 Å². The summed E-state index contributed by atoms with van der Waals surface area (Å²) in [5.41, 5.74) is 0.855. The van der Waals surface area contributed by atoms with Crippen molar-refractivity contribution in [3.05, 3.63) is 66.0 Å². The Kier molecular flexibility index (Phi) is 5.36. The van der Waals surface area contributed by atoms with Gasteiger partial charge in [0.25, 0.3) is 5.91 Å². The second kappa shape index (κ2) is 8.26. The molecule has 0 atom stereocenters. The second-order valence-electron chi connectivity index (χ2n) is 6.35. The highest BCUT2D eigenvalue weighted by molar-refractivity contribution is 7.09. The summed E-state index contributed by atoms with van der Waals surface area (Å²) in [5, 5.41) is 23.6. The average molecular weight is 419 g/mol. The van der Waals surface area contributed by atoms with E-state index < -0.39 is 5.91 Å². The van der Waals surface area contributed by atoms with Gasteiger partial charge in [-0.25, -0.2) is 4.98 Å². The van der Waals surface area contributed by atoms with Crippen molar-refractivity contribution in [3.63, 3.8) is 0 Å². The first-order valence-corrected chi connectivity index (χ1v) is 9.74. The lowest BCUT2D eigenvalue weighted by Gasteiger charge is -2.11. The minimum atomic E-state index is -0.466. The van der Waals surface area contributed by atoms with Gasteiger partial charge in [0, 0.05) is 22.6 Å². The molecule has 0 spiro atoms.